The molecule has 1 aromatic heterocycles. The third-order valence-corrected chi connectivity index (χ3v) is 6.15. The highest BCUT2D eigenvalue weighted by Crippen LogP contribution is 2.06. The molecule has 0 amide bonds. The summed E-state index contributed by atoms with van der Waals surface area (Å²) < 4.78 is 31.6. The number of carbonyl (C=O) groups is 6. The monoisotopic (exact) mass is 717 g/mol. The summed E-state index contributed by atoms with van der Waals surface area (Å²) in [6, 6.07) is 0. The van der Waals surface area contributed by atoms with Crippen LogP contribution in [0.3, 0.4) is 0 Å². The fourth-order valence-electron chi connectivity index (χ4n) is 3.59. The zero-order valence-electron chi connectivity index (χ0n) is 28.9. The summed E-state index contributed by atoms with van der Waals surface area (Å²) in [6.45, 7) is 15.8. The minimum absolute atomic E-state index is 0.148. The summed E-state index contributed by atoms with van der Waals surface area (Å²) in [4.78, 5) is 112. The maximum atomic E-state index is 13.5. The topological polar surface area (TPSA) is 224 Å². The number of nitrogens with zero attached hydrogens (tertiary/aromatic N) is 3. The number of ether oxygens (including phenoxy) is 6. The van der Waals surface area contributed by atoms with Gasteiger partial charge in [-0.05, 0) is 41.5 Å². The quantitative estimate of drug-likeness (QED) is 0.0889. The first-order valence-electron chi connectivity index (χ1n) is 14.9. The van der Waals surface area contributed by atoms with Crippen LogP contribution in [0.25, 0.3) is 0 Å². The molecule has 51 heavy (non-hydrogen) atoms. The Kier molecular flexibility index (Phi) is 16.9. The van der Waals surface area contributed by atoms with Crippen LogP contribution < -0.4 is 17.1 Å². The average molecular weight is 718 g/mol. The molecule has 0 aliphatic heterocycles. The summed E-state index contributed by atoms with van der Waals surface area (Å²) in [7, 11) is 0. The minimum atomic E-state index is -1.18. The molecule has 0 N–H and O–H groups in total. The molecule has 0 bridgehead atoms. The van der Waals surface area contributed by atoms with E-state index < -0.39 is 90.8 Å². The Morgan fingerprint density at radius 1 is 0.510 bits per heavy atom. The molecule has 0 spiro atoms. The predicted octanol–water partition coefficient (Wildman–Crippen LogP) is 0.866. The van der Waals surface area contributed by atoms with Gasteiger partial charge in [-0.1, -0.05) is 19.7 Å². The highest BCUT2D eigenvalue weighted by Gasteiger charge is 2.24. The van der Waals surface area contributed by atoms with Crippen LogP contribution in [0.5, 0.6) is 0 Å². The minimum Gasteiger partial charge on any atom is -0.457 e. The molecule has 18 nitrogen and oxygen atoms in total. The summed E-state index contributed by atoms with van der Waals surface area (Å²) in [5, 5.41) is 0. The zero-order chi connectivity index (χ0) is 39.0. The van der Waals surface area contributed by atoms with Gasteiger partial charge in [0.2, 0.25) is 0 Å². The van der Waals surface area contributed by atoms with Crippen LogP contribution in [0.2, 0.25) is 0 Å². The molecule has 18 heteroatoms. The van der Waals surface area contributed by atoms with E-state index in [2.05, 4.69) is 33.9 Å². The lowest BCUT2D eigenvalue weighted by Gasteiger charge is -2.20. The smallest absolute Gasteiger partial charge is 0.337 e. The van der Waals surface area contributed by atoms with Crippen molar-refractivity contribution >= 4 is 35.8 Å². The van der Waals surface area contributed by atoms with Crippen molar-refractivity contribution in [1.82, 2.24) is 13.7 Å². The number of carbonyl (C=O) groups excluding carboxylic acids is 6. The van der Waals surface area contributed by atoms with Crippen molar-refractivity contribution in [3.8, 4) is 0 Å². The van der Waals surface area contributed by atoms with Gasteiger partial charge in [-0.2, -0.15) is 0 Å². The SMILES string of the molecule is C=CC(=O)O/C=C(\C)C(=O)OC(C)Cn1c(=O)n(CC(C)OC(=O)/C(C)=C/OC(=O)C=C)c(=O)n(CC(C)OC(=O)/C(C)=C/OC(=O)C=C)c1=O. The highest BCUT2D eigenvalue weighted by molar-refractivity contribution is 5.90. The van der Waals surface area contributed by atoms with Gasteiger partial charge in [-0.25, -0.2) is 56.9 Å². The molecule has 276 valence electrons. The molecule has 0 fully saturated rings. The molecule has 0 aliphatic rings. The zero-order valence-corrected chi connectivity index (χ0v) is 28.9. The predicted molar refractivity (Wildman–Crippen MR) is 176 cm³/mol. The Balaban J connectivity index is 3.51. The maximum Gasteiger partial charge on any atom is 0.337 e. The van der Waals surface area contributed by atoms with Crippen LogP contribution in [0.4, 0.5) is 0 Å². The van der Waals surface area contributed by atoms with E-state index in [1.165, 1.54) is 41.5 Å². The van der Waals surface area contributed by atoms with E-state index in [9.17, 15) is 43.2 Å². The molecule has 1 rings (SSSR count). The summed E-state index contributed by atoms with van der Waals surface area (Å²) >= 11 is 0. The second-order valence-electron chi connectivity index (χ2n) is 10.7. The van der Waals surface area contributed by atoms with Gasteiger partial charge in [0.15, 0.2) is 0 Å². The van der Waals surface area contributed by atoms with Crippen molar-refractivity contribution < 1.29 is 57.2 Å². The Morgan fingerprint density at radius 3 is 0.922 bits per heavy atom. The van der Waals surface area contributed by atoms with Gasteiger partial charge < -0.3 is 28.4 Å². The summed E-state index contributed by atoms with van der Waals surface area (Å²) in [5.74, 6) is -5.42. The number of hydrogen-bond acceptors (Lipinski definition) is 15. The van der Waals surface area contributed by atoms with E-state index in [0.717, 1.165) is 37.0 Å². The summed E-state index contributed by atoms with van der Waals surface area (Å²) in [5.41, 5.74) is -3.95. The van der Waals surface area contributed by atoms with Gasteiger partial charge in [0.25, 0.3) is 0 Å². The van der Waals surface area contributed by atoms with E-state index in [4.69, 9.17) is 14.2 Å². The Labute approximate surface area is 291 Å². The van der Waals surface area contributed by atoms with Gasteiger partial charge in [0.1, 0.15) is 37.1 Å². The van der Waals surface area contributed by atoms with Gasteiger partial charge in [0, 0.05) is 18.2 Å². The fraction of sp³-hybridized carbons (Fsp3) is 0.364. The lowest BCUT2D eigenvalue weighted by molar-refractivity contribution is -0.145. The van der Waals surface area contributed by atoms with E-state index in [0.29, 0.717) is 13.7 Å². The second kappa shape index (κ2) is 20.2. The number of rotatable bonds is 18. The van der Waals surface area contributed by atoms with Gasteiger partial charge >= 0.3 is 52.9 Å². The molecule has 3 unspecified atom stereocenters. The first kappa shape index (κ1) is 42.7. The van der Waals surface area contributed by atoms with Crippen LogP contribution in [0.1, 0.15) is 41.5 Å². The Hall–Kier alpha value is -6.33. The normalized spacial score (nSPS) is 13.4. The lowest BCUT2D eigenvalue weighted by atomic mass is 10.3. The first-order chi connectivity index (χ1) is 23.9. The van der Waals surface area contributed by atoms with Crippen molar-refractivity contribution in [3.63, 3.8) is 0 Å². The molecule has 3 atom stereocenters. The van der Waals surface area contributed by atoms with Crippen LogP contribution in [0.15, 0.2) is 87.9 Å². The van der Waals surface area contributed by atoms with Gasteiger partial charge in [-0.3, -0.25) is 0 Å². The van der Waals surface area contributed by atoms with E-state index in [1.807, 2.05) is 0 Å². The largest absolute Gasteiger partial charge is 0.457 e. The van der Waals surface area contributed by atoms with Crippen LogP contribution >= 0.6 is 0 Å². The van der Waals surface area contributed by atoms with Gasteiger partial charge in [0.05, 0.1) is 36.4 Å². The van der Waals surface area contributed by atoms with Crippen LogP contribution in [-0.4, -0.2) is 67.8 Å². The van der Waals surface area contributed by atoms with Crippen molar-refractivity contribution in [1.29, 1.82) is 0 Å². The Bertz CT molecular complexity index is 1600. The third-order valence-electron chi connectivity index (χ3n) is 6.15. The number of aromatic nitrogens is 3. The standard InChI is InChI=1S/C33H39N3O15/c1-10-25(37)46-16-19(4)28(40)49-22(7)13-34-31(43)35(14-23(8)50-29(41)20(5)17-47-26(38)11-2)33(45)36(32(34)44)15-24(9)51-30(42)21(6)18-48-27(39)12-3/h10-12,16-18,22-24H,1-3,13-15H2,4-9H3/b19-16+,20-17+,21-18+. The molecule has 0 aliphatic carbocycles. The third kappa shape index (κ3) is 13.6. The van der Waals surface area contributed by atoms with Gasteiger partial charge in [-0.15, -0.1) is 0 Å². The maximum absolute atomic E-state index is 13.5. The molecule has 0 aromatic carbocycles. The Morgan fingerprint density at radius 2 is 0.725 bits per heavy atom. The fourth-order valence-corrected chi connectivity index (χ4v) is 3.59. The number of esters is 6. The molecule has 1 heterocycles. The summed E-state index contributed by atoms with van der Waals surface area (Å²) in [6.07, 6.45) is 1.54. The molecule has 0 saturated heterocycles. The molecular formula is C33H39N3O15. The lowest BCUT2D eigenvalue weighted by Crippen LogP contribution is -2.57. The number of hydrogen-bond donors (Lipinski definition) is 0. The molecule has 1 aromatic rings. The van der Waals surface area contributed by atoms with E-state index in [-0.39, 0.29) is 16.7 Å². The van der Waals surface area contributed by atoms with Crippen LogP contribution in [0, 0.1) is 0 Å². The first-order valence-corrected chi connectivity index (χ1v) is 14.9. The average Bonchev–Trinajstić information content (AvgIpc) is 3.09. The van der Waals surface area contributed by atoms with E-state index >= 15 is 0 Å². The van der Waals surface area contributed by atoms with Crippen molar-refractivity contribution in [3.05, 3.63) is 105 Å². The molecule has 0 radical (unpaired) electrons. The second-order valence-corrected chi connectivity index (χ2v) is 10.7. The molecule has 0 saturated carbocycles. The van der Waals surface area contributed by atoms with Crippen molar-refractivity contribution in [2.75, 3.05) is 0 Å². The molecular weight excluding hydrogens is 678 g/mol. The van der Waals surface area contributed by atoms with Crippen molar-refractivity contribution in [2.45, 2.75) is 79.5 Å². The van der Waals surface area contributed by atoms with Crippen LogP contribution in [-0.2, 0) is 76.8 Å². The highest BCUT2D eigenvalue weighted by atomic mass is 16.6. The van der Waals surface area contributed by atoms with Crippen molar-refractivity contribution in [2.24, 2.45) is 0 Å². The van der Waals surface area contributed by atoms with E-state index in [1.54, 1.807) is 0 Å².